The largest absolute Gasteiger partial charge is 0.469 e. The molecule has 160 valence electrons. The van der Waals surface area contributed by atoms with Crippen LogP contribution in [0.25, 0.3) is 0 Å². The molecule has 0 spiro atoms. The molecule has 29 heavy (non-hydrogen) atoms. The number of piperazine rings is 1. The topological polar surface area (TPSA) is 104 Å². The Morgan fingerprint density at radius 2 is 2.03 bits per heavy atom. The van der Waals surface area contributed by atoms with Crippen molar-refractivity contribution in [2.75, 3.05) is 39.3 Å². The summed E-state index contributed by atoms with van der Waals surface area (Å²) in [5, 5.41) is 7.11. The number of aliphatic imine (C=N–C) groups is 1. The average Bonchev–Trinajstić information content (AvgIpc) is 3.38. The molecule has 0 radical (unpaired) electrons. The van der Waals surface area contributed by atoms with Gasteiger partial charge in [-0.25, -0.2) is 8.42 Å². The molecule has 10 heteroatoms. The molecule has 1 aliphatic heterocycles. The molecular formula is C19H29N5O4S. The molecule has 1 fully saturated rings. The first-order valence-electron chi connectivity index (χ1n) is 9.87. The van der Waals surface area contributed by atoms with Crippen LogP contribution in [0.15, 0.2) is 44.7 Å². The smallest absolute Gasteiger partial charge is 0.220 e. The number of hydrogen-bond acceptors (Lipinski definition) is 6. The maximum absolute atomic E-state index is 12.6. The average molecular weight is 424 g/mol. The summed E-state index contributed by atoms with van der Waals surface area (Å²) in [6.45, 7) is 7.67. The summed E-state index contributed by atoms with van der Waals surface area (Å²) in [7, 11) is -3.42. The number of furan rings is 1. The SMILES string of the molecule is CC(C)CN=C(NCCc1ccco1)N1CCN(S(=O)(=O)Cc2ccon2)CC1. The predicted octanol–water partition coefficient (Wildman–Crippen LogP) is 1.56. The van der Waals surface area contributed by atoms with Crippen LogP contribution in [0, 0.1) is 5.92 Å². The molecule has 1 N–H and O–H groups in total. The van der Waals surface area contributed by atoms with E-state index in [1.54, 1.807) is 12.3 Å². The van der Waals surface area contributed by atoms with Gasteiger partial charge in [-0.15, -0.1) is 0 Å². The fourth-order valence-corrected chi connectivity index (χ4v) is 4.48. The minimum Gasteiger partial charge on any atom is -0.469 e. The monoisotopic (exact) mass is 423 g/mol. The highest BCUT2D eigenvalue weighted by Gasteiger charge is 2.29. The minimum atomic E-state index is -3.42. The molecule has 0 amide bonds. The Kier molecular flexibility index (Phi) is 7.32. The Balaban J connectivity index is 1.56. The van der Waals surface area contributed by atoms with Gasteiger partial charge >= 0.3 is 0 Å². The molecule has 0 aliphatic carbocycles. The molecule has 1 aliphatic rings. The lowest BCUT2D eigenvalue weighted by molar-refractivity contribution is 0.259. The third-order valence-corrected chi connectivity index (χ3v) is 6.41. The highest BCUT2D eigenvalue weighted by atomic mass is 32.2. The zero-order valence-electron chi connectivity index (χ0n) is 17.0. The van der Waals surface area contributed by atoms with Crippen LogP contribution in [0.4, 0.5) is 0 Å². The molecular weight excluding hydrogens is 394 g/mol. The van der Waals surface area contributed by atoms with Crippen molar-refractivity contribution in [1.29, 1.82) is 0 Å². The maximum atomic E-state index is 12.6. The third kappa shape index (κ3) is 6.33. The molecule has 3 rings (SSSR count). The van der Waals surface area contributed by atoms with Gasteiger partial charge < -0.3 is 19.2 Å². The first-order valence-corrected chi connectivity index (χ1v) is 11.5. The number of hydrogen-bond donors (Lipinski definition) is 1. The van der Waals surface area contributed by atoms with E-state index in [9.17, 15) is 8.42 Å². The first kappa shape index (κ1) is 21.4. The second-order valence-electron chi connectivity index (χ2n) is 7.45. The Morgan fingerprint density at radius 3 is 2.66 bits per heavy atom. The van der Waals surface area contributed by atoms with E-state index in [1.807, 2.05) is 12.1 Å². The van der Waals surface area contributed by atoms with Crippen molar-refractivity contribution >= 4 is 16.0 Å². The van der Waals surface area contributed by atoms with Gasteiger partial charge in [-0.2, -0.15) is 4.31 Å². The molecule has 3 heterocycles. The number of aromatic nitrogens is 1. The van der Waals surface area contributed by atoms with Crippen LogP contribution in [0.5, 0.6) is 0 Å². The van der Waals surface area contributed by atoms with Gasteiger partial charge in [-0.1, -0.05) is 19.0 Å². The quantitative estimate of drug-likeness (QED) is 0.507. The standard InChI is InChI=1S/C19H29N5O4S/c1-16(2)14-21-19(20-7-5-18-4-3-12-27-18)23-8-10-24(11-9-23)29(25,26)15-17-6-13-28-22-17/h3-4,6,12-13,16H,5,7-11,14-15H2,1-2H3,(H,20,21). The van der Waals surface area contributed by atoms with Crippen LogP contribution >= 0.6 is 0 Å². The van der Waals surface area contributed by atoms with Crippen molar-refractivity contribution in [3.05, 3.63) is 42.2 Å². The number of nitrogens with one attached hydrogen (secondary N) is 1. The van der Waals surface area contributed by atoms with Crippen molar-refractivity contribution in [2.24, 2.45) is 10.9 Å². The van der Waals surface area contributed by atoms with Crippen LogP contribution in [-0.4, -0.2) is 68.0 Å². The van der Waals surface area contributed by atoms with Gasteiger partial charge in [0.1, 0.15) is 17.8 Å². The molecule has 2 aromatic heterocycles. The highest BCUT2D eigenvalue weighted by Crippen LogP contribution is 2.13. The Hall–Kier alpha value is -2.33. The van der Waals surface area contributed by atoms with Crippen LogP contribution in [0.3, 0.4) is 0 Å². The summed E-state index contributed by atoms with van der Waals surface area (Å²) in [5.74, 6) is 2.04. The van der Waals surface area contributed by atoms with Crippen LogP contribution in [0.1, 0.15) is 25.3 Å². The first-order chi connectivity index (χ1) is 13.9. The molecule has 1 saturated heterocycles. The Morgan fingerprint density at radius 1 is 1.24 bits per heavy atom. The van der Waals surface area contributed by atoms with Gasteiger partial charge in [0.25, 0.3) is 0 Å². The van der Waals surface area contributed by atoms with E-state index in [4.69, 9.17) is 13.9 Å². The van der Waals surface area contributed by atoms with Crippen molar-refractivity contribution in [3.8, 4) is 0 Å². The fraction of sp³-hybridized carbons (Fsp3) is 0.579. The lowest BCUT2D eigenvalue weighted by Gasteiger charge is -2.36. The zero-order chi connectivity index (χ0) is 20.7. The number of rotatable bonds is 8. The summed E-state index contributed by atoms with van der Waals surface area (Å²) in [4.78, 5) is 6.84. The molecule has 0 aromatic carbocycles. The van der Waals surface area contributed by atoms with Gasteiger partial charge in [0.2, 0.25) is 10.0 Å². The summed E-state index contributed by atoms with van der Waals surface area (Å²) >= 11 is 0. The predicted molar refractivity (Wildman–Crippen MR) is 110 cm³/mol. The summed E-state index contributed by atoms with van der Waals surface area (Å²) in [6, 6.07) is 5.40. The maximum Gasteiger partial charge on any atom is 0.220 e. The van der Waals surface area contributed by atoms with Crippen LogP contribution < -0.4 is 5.32 Å². The second kappa shape index (κ2) is 9.93. The van der Waals surface area contributed by atoms with Gasteiger partial charge in [0.15, 0.2) is 5.96 Å². The highest BCUT2D eigenvalue weighted by molar-refractivity contribution is 7.88. The fourth-order valence-electron chi connectivity index (χ4n) is 3.06. The van der Waals surface area contributed by atoms with Crippen LogP contribution in [0.2, 0.25) is 0 Å². The number of sulfonamides is 1. The van der Waals surface area contributed by atoms with Crippen LogP contribution in [-0.2, 0) is 22.2 Å². The Bertz CT molecular complexity index is 855. The van der Waals surface area contributed by atoms with E-state index < -0.39 is 10.0 Å². The number of nitrogens with zero attached hydrogens (tertiary/aromatic N) is 4. The van der Waals surface area contributed by atoms with E-state index in [0.717, 1.165) is 18.1 Å². The van der Waals surface area contributed by atoms with Crippen molar-refractivity contribution in [2.45, 2.75) is 26.0 Å². The van der Waals surface area contributed by atoms with Crippen molar-refractivity contribution in [1.82, 2.24) is 19.7 Å². The number of guanidine groups is 1. The summed E-state index contributed by atoms with van der Waals surface area (Å²) in [5.41, 5.74) is 0.422. The molecule has 9 nitrogen and oxygen atoms in total. The van der Waals surface area contributed by atoms with E-state index in [0.29, 0.717) is 50.9 Å². The minimum absolute atomic E-state index is 0.140. The summed E-state index contributed by atoms with van der Waals surface area (Å²) < 4.78 is 36.9. The second-order valence-corrected chi connectivity index (χ2v) is 9.42. The lowest BCUT2D eigenvalue weighted by Crippen LogP contribution is -2.54. The molecule has 0 unspecified atom stereocenters. The molecule has 0 bridgehead atoms. The molecule has 0 saturated carbocycles. The Labute approximate surface area is 171 Å². The van der Waals surface area contributed by atoms with Crippen molar-refractivity contribution < 1.29 is 17.4 Å². The van der Waals surface area contributed by atoms with E-state index in [1.165, 1.54) is 10.6 Å². The summed E-state index contributed by atoms with van der Waals surface area (Å²) in [6.07, 6.45) is 3.82. The third-order valence-electron chi connectivity index (χ3n) is 4.59. The van der Waals surface area contributed by atoms with Gasteiger partial charge in [-0.3, -0.25) is 4.99 Å². The zero-order valence-corrected chi connectivity index (χ0v) is 17.8. The van der Waals surface area contributed by atoms with Crippen molar-refractivity contribution in [3.63, 3.8) is 0 Å². The molecule has 0 atom stereocenters. The molecule has 2 aromatic rings. The normalized spacial score (nSPS) is 16.5. The van der Waals surface area contributed by atoms with E-state index >= 15 is 0 Å². The van der Waals surface area contributed by atoms with E-state index in [2.05, 4.69) is 29.2 Å². The van der Waals surface area contributed by atoms with Gasteiger partial charge in [0.05, 0.1) is 12.0 Å². The van der Waals surface area contributed by atoms with Gasteiger partial charge in [-0.05, 0) is 18.1 Å². The van der Waals surface area contributed by atoms with E-state index in [-0.39, 0.29) is 5.75 Å². The van der Waals surface area contributed by atoms with Gasteiger partial charge in [0, 0.05) is 51.8 Å². The lowest BCUT2D eigenvalue weighted by atomic mass is 10.2.